The summed E-state index contributed by atoms with van der Waals surface area (Å²) in [5.74, 6) is -0.376. The molecular formula is C10H8BrFN4S. The Morgan fingerprint density at radius 2 is 2.29 bits per heavy atom. The van der Waals surface area contributed by atoms with Gasteiger partial charge in [-0.15, -0.1) is 0 Å². The van der Waals surface area contributed by atoms with Crippen molar-refractivity contribution >= 4 is 38.9 Å². The molecule has 1 aromatic carbocycles. The molecule has 0 unspecified atom stereocenters. The summed E-state index contributed by atoms with van der Waals surface area (Å²) < 4.78 is 15.6. The largest absolute Gasteiger partial charge is 0.376 e. The molecule has 7 heteroatoms. The molecule has 2 rings (SSSR count). The number of nitrogens with two attached hydrogens (primary N) is 1. The average Bonchev–Trinajstić information content (AvgIpc) is 2.64. The highest BCUT2D eigenvalue weighted by Crippen LogP contribution is 2.22. The van der Waals surface area contributed by atoms with E-state index in [1.807, 2.05) is 0 Å². The van der Waals surface area contributed by atoms with Crippen molar-refractivity contribution in [3.05, 3.63) is 40.9 Å². The van der Waals surface area contributed by atoms with Gasteiger partial charge >= 0.3 is 0 Å². The van der Waals surface area contributed by atoms with Crippen molar-refractivity contribution in [3.8, 4) is 5.69 Å². The third kappa shape index (κ3) is 2.80. The van der Waals surface area contributed by atoms with Crippen LogP contribution in [0.15, 0.2) is 35.1 Å². The van der Waals surface area contributed by atoms with Crippen LogP contribution in [0.2, 0.25) is 0 Å². The van der Waals surface area contributed by atoms with E-state index < -0.39 is 0 Å². The van der Waals surface area contributed by atoms with Gasteiger partial charge in [0, 0.05) is 6.20 Å². The summed E-state index contributed by atoms with van der Waals surface area (Å²) in [6.45, 7) is 0. The van der Waals surface area contributed by atoms with Crippen molar-refractivity contribution < 1.29 is 4.39 Å². The normalized spacial score (nSPS) is 10.2. The van der Waals surface area contributed by atoms with Crippen LogP contribution in [0.4, 0.5) is 10.1 Å². The van der Waals surface area contributed by atoms with E-state index in [1.54, 1.807) is 23.1 Å². The van der Waals surface area contributed by atoms with Crippen molar-refractivity contribution in [2.45, 2.75) is 0 Å². The van der Waals surface area contributed by atoms with E-state index in [4.69, 9.17) is 18.0 Å². The summed E-state index contributed by atoms with van der Waals surface area (Å²) >= 11 is 8.03. The van der Waals surface area contributed by atoms with Gasteiger partial charge in [-0.3, -0.25) is 0 Å². The minimum Gasteiger partial charge on any atom is -0.376 e. The molecule has 17 heavy (non-hydrogen) atoms. The van der Waals surface area contributed by atoms with Gasteiger partial charge in [-0.2, -0.15) is 5.10 Å². The van der Waals surface area contributed by atoms with Crippen molar-refractivity contribution in [3.63, 3.8) is 0 Å². The summed E-state index contributed by atoms with van der Waals surface area (Å²) in [5, 5.41) is 6.89. The zero-order valence-corrected chi connectivity index (χ0v) is 10.9. The second-order valence-electron chi connectivity index (χ2n) is 3.25. The number of aromatic nitrogens is 2. The Morgan fingerprint density at radius 1 is 1.53 bits per heavy atom. The van der Waals surface area contributed by atoms with Crippen molar-refractivity contribution in [1.82, 2.24) is 9.78 Å². The Balaban J connectivity index is 2.49. The third-order valence-electron chi connectivity index (χ3n) is 2.01. The molecule has 0 atom stereocenters. The second-order valence-corrected chi connectivity index (χ2v) is 4.61. The van der Waals surface area contributed by atoms with Crippen LogP contribution in [0, 0.1) is 5.82 Å². The van der Waals surface area contributed by atoms with Crippen molar-refractivity contribution in [2.75, 3.05) is 5.32 Å². The molecule has 0 amide bonds. The number of anilines is 1. The highest BCUT2D eigenvalue weighted by molar-refractivity contribution is 9.10. The van der Waals surface area contributed by atoms with Crippen molar-refractivity contribution in [1.29, 1.82) is 0 Å². The molecule has 1 heterocycles. The van der Waals surface area contributed by atoms with Gasteiger partial charge in [0.05, 0.1) is 22.0 Å². The molecular weight excluding hydrogens is 307 g/mol. The topological polar surface area (TPSA) is 55.9 Å². The minimum absolute atomic E-state index is 0.0723. The lowest BCUT2D eigenvalue weighted by Crippen LogP contribution is -2.20. The fourth-order valence-corrected chi connectivity index (χ4v) is 1.77. The van der Waals surface area contributed by atoms with Gasteiger partial charge in [0.15, 0.2) is 5.11 Å². The van der Waals surface area contributed by atoms with Crippen LogP contribution >= 0.6 is 28.1 Å². The molecule has 0 aliphatic heterocycles. The number of nitrogens with zero attached hydrogens (tertiary/aromatic N) is 2. The lowest BCUT2D eigenvalue weighted by Gasteiger charge is -2.10. The first-order chi connectivity index (χ1) is 8.06. The standard InChI is InChI=1S/C10H8BrFN4S/c11-6-4-14-16(5-6)9-2-1-7(12)3-8(9)15-10(13)17/h1-5H,(H3,13,15,17). The second kappa shape index (κ2) is 4.80. The van der Waals surface area contributed by atoms with Gasteiger partial charge in [-0.1, -0.05) is 0 Å². The quantitative estimate of drug-likeness (QED) is 0.836. The van der Waals surface area contributed by atoms with Crippen LogP contribution in [0.5, 0.6) is 0 Å². The van der Waals surface area contributed by atoms with E-state index in [-0.39, 0.29) is 10.9 Å². The average molecular weight is 315 g/mol. The summed E-state index contributed by atoms with van der Waals surface area (Å²) in [4.78, 5) is 0. The summed E-state index contributed by atoms with van der Waals surface area (Å²) in [6, 6.07) is 4.25. The Bertz CT molecular complexity index is 569. The molecule has 0 spiro atoms. The molecule has 0 aliphatic carbocycles. The number of nitrogens with one attached hydrogen (secondary N) is 1. The van der Waals surface area contributed by atoms with E-state index in [2.05, 4.69) is 26.3 Å². The van der Waals surface area contributed by atoms with Crippen molar-refractivity contribution in [2.24, 2.45) is 5.73 Å². The molecule has 1 aromatic heterocycles. The van der Waals surface area contributed by atoms with Crippen LogP contribution in [-0.2, 0) is 0 Å². The predicted molar refractivity (Wildman–Crippen MR) is 71.6 cm³/mol. The Labute approximate surface area is 111 Å². The number of thiocarbonyl (C=S) groups is 1. The highest BCUT2D eigenvalue weighted by Gasteiger charge is 2.08. The summed E-state index contributed by atoms with van der Waals surface area (Å²) in [7, 11) is 0. The van der Waals surface area contributed by atoms with E-state index in [1.165, 1.54) is 12.1 Å². The number of rotatable bonds is 2. The summed E-state index contributed by atoms with van der Waals surface area (Å²) in [5.41, 5.74) is 6.51. The molecule has 0 saturated heterocycles. The number of benzene rings is 1. The van der Waals surface area contributed by atoms with Gasteiger partial charge < -0.3 is 11.1 Å². The zero-order valence-electron chi connectivity index (χ0n) is 8.52. The van der Waals surface area contributed by atoms with Crippen LogP contribution in [0.3, 0.4) is 0 Å². The first-order valence-electron chi connectivity index (χ1n) is 4.63. The highest BCUT2D eigenvalue weighted by atomic mass is 79.9. The molecule has 0 radical (unpaired) electrons. The first-order valence-corrected chi connectivity index (χ1v) is 5.83. The maximum Gasteiger partial charge on any atom is 0.168 e. The maximum absolute atomic E-state index is 13.2. The SMILES string of the molecule is NC(=S)Nc1cc(F)ccc1-n1cc(Br)cn1. The summed E-state index contributed by atoms with van der Waals surface area (Å²) in [6.07, 6.45) is 3.38. The van der Waals surface area contributed by atoms with Gasteiger partial charge in [-0.25, -0.2) is 9.07 Å². The van der Waals surface area contributed by atoms with E-state index in [0.29, 0.717) is 11.4 Å². The van der Waals surface area contributed by atoms with Gasteiger partial charge in [0.25, 0.3) is 0 Å². The van der Waals surface area contributed by atoms with Crippen LogP contribution in [-0.4, -0.2) is 14.9 Å². The number of hydrogen-bond donors (Lipinski definition) is 2. The molecule has 0 saturated carbocycles. The lowest BCUT2D eigenvalue weighted by molar-refractivity contribution is 0.627. The molecule has 0 fully saturated rings. The molecule has 4 nitrogen and oxygen atoms in total. The lowest BCUT2D eigenvalue weighted by atomic mass is 10.2. The molecule has 0 aliphatic rings. The van der Waals surface area contributed by atoms with Gasteiger partial charge in [-0.05, 0) is 46.3 Å². The molecule has 2 aromatic rings. The smallest absolute Gasteiger partial charge is 0.168 e. The monoisotopic (exact) mass is 314 g/mol. The predicted octanol–water partition coefficient (Wildman–Crippen LogP) is 2.43. The fourth-order valence-electron chi connectivity index (χ4n) is 1.37. The number of halogens is 2. The maximum atomic E-state index is 13.2. The molecule has 3 N–H and O–H groups in total. The minimum atomic E-state index is -0.376. The van der Waals surface area contributed by atoms with E-state index in [0.717, 1.165) is 4.47 Å². The van der Waals surface area contributed by atoms with Crippen LogP contribution in [0.1, 0.15) is 0 Å². The first kappa shape index (κ1) is 12.0. The van der Waals surface area contributed by atoms with E-state index >= 15 is 0 Å². The van der Waals surface area contributed by atoms with Gasteiger partial charge in [0.2, 0.25) is 0 Å². The number of hydrogen-bond acceptors (Lipinski definition) is 2. The van der Waals surface area contributed by atoms with E-state index in [9.17, 15) is 4.39 Å². The molecule has 88 valence electrons. The molecule has 0 bridgehead atoms. The Hall–Kier alpha value is -1.47. The Kier molecular flexibility index (Phi) is 3.39. The fraction of sp³-hybridized carbons (Fsp3) is 0. The van der Waals surface area contributed by atoms with Crippen LogP contribution in [0.25, 0.3) is 5.69 Å². The Morgan fingerprint density at radius 3 is 2.88 bits per heavy atom. The third-order valence-corrected chi connectivity index (χ3v) is 2.53. The van der Waals surface area contributed by atoms with Gasteiger partial charge in [0.1, 0.15) is 5.82 Å². The van der Waals surface area contributed by atoms with Crippen LogP contribution < -0.4 is 11.1 Å². The zero-order chi connectivity index (χ0) is 12.4.